The molecule has 1 aliphatic heterocycles. The van der Waals surface area contributed by atoms with Gasteiger partial charge in [0.15, 0.2) is 0 Å². The van der Waals surface area contributed by atoms with Crippen LogP contribution in [0.5, 0.6) is 0 Å². The Hall–Kier alpha value is -0.180. The number of hydrogen-bond acceptors (Lipinski definition) is 1. The summed E-state index contributed by atoms with van der Waals surface area (Å²) in [5, 5.41) is 2.74. The summed E-state index contributed by atoms with van der Waals surface area (Å²) < 4.78 is 24.8. The van der Waals surface area contributed by atoms with Crippen molar-refractivity contribution in [2.75, 3.05) is 6.54 Å². The van der Waals surface area contributed by atoms with E-state index in [1.165, 1.54) is 0 Å². The zero-order valence-corrected chi connectivity index (χ0v) is 9.67. The third kappa shape index (κ3) is 6.94. The number of alkyl halides is 2. The second-order valence-corrected chi connectivity index (χ2v) is 3.27. The Kier molecular flexibility index (Phi) is 7.41. The molecule has 1 rings (SSSR count). The van der Waals surface area contributed by atoms with Crippen LogP contribution in [-0.4, -0.2) is 18.0 Å². The summed E-state index contributed by atoms with van der Waals surface area (Å²) in [5.74, 6) is -2.48. The fourth-order valence-corrected chi connectivity index (χ4v) is 1.14. The smallest absolute Gasteiger partial charge is 0.262 e. The van der Waals surface area contributed by atoms with Crippen LogP contribution in [0, 0.1) is 0 Å². The summed E-state index contributed by atoms with van der Waals surface area (Å²) >= 11 is 0. The van der Waals surface area contributed by atoms with Crippen LogP contribution in [0.1, 0.15) is 48.0 Å². The van der Waals surface area contributed by atoms with E-state index in [9.17, 15) is 8.78 Å². The molecule has 0 bridgehead atoms. The van der Waals surface area contributed by atoms with Gasteiger partial charge >= 0.3 is 0 Å². The summed E-state index contributed by atoms with van der Waals surface area (Å²) in [6.07, 6.45) is -0.0417. The first kappa shape index (κ1) is 15.3. The van der Waals surface area contributed by atoms with E-state index in [2.05, 4.69) is 5.32 Å². The lowest BCUT2D eigenvalue weighted by atomic mass is 10.0. The van der Waals surface area contributed by atoms with Crippen molar-refractivity contribution in [3.05, 3.63) is 0 Å². The van der Waals surface area contributed by atoms with Crippen LogP contribution in [-0.2, 0) is 0 Å². The zero-order chi connectivity index (χ0) is 11.1. The van der Waals surface area contributed by atoms with Crippen molar-refractivity contribution in [3.8, 4) is 0 Å². The molecule has 0 aromatic rings. The first-order valence-electron chi connectivity index (χ1n) is 5.04. The van der Waals surface area contributed by atoms with Gasteiger partial charge in [-0.25, -0.2) is 8.78 Å². The van der Waals surface area contributed by atoms with Gasteiger partial charge in [0.05, 0.1) is 6.54 Å². The molecule has 1 nitrogen and oxygen atoms in total. The predicted octanol–water partition coefficient (Wildman–Crippen LogP) is 3.45. The van der Waals surface area contributed by atoms with E-state index >= 15 is 0 Å². The summed E-state index contributed by atoms with van der Waals surface area (Å²) in [6, 6.07) is 0. The Balaban J connectivity index is 0. The lowest BCUT2D eigenvalue weighted by molar-refractivity contribution is 0.0177. The number of hydrogen-bond donors (Lipinski definition) is 1. The Labute approximate surface area is 80.9 Å². The minimum absolute atomic E-state index is 0.0417. The molecule has 0 radical (unpaired) electrons. The summed E-state index contributed by atoms with van der Waals surface area (Å²) in [4.78, 5) is 0. The van der Waals surface area contributed by atoms with Crippen LogP contribution in [0.3, 0.4) is 0 Å². The van der Waals surface area contributed by atoms with E-state index in [0.29, 0.717) is 0 Å². The Morgan fingerprint density at radius 3 is 1.46 bits per heavy atom. The molecule has 0 spiro atoms. The second-order valence-electron chi connectivity index (χ2n) is 3.27. The molecule has 1 fully saturated rings. The molecule has 0 saturated carbocycles. The zero-order valence-electron chi connectivity index (χ0n) is 9.67. The van der Waals surface area contributed by atoms with Crippen molar-refractivity contribution in [1.29, 1.82) is 0 Å². The van der Waals surface area contributed by atoms with Crippen LogP contribution in [0.4, 0.5) is 8.78 Å². The predicted molar refractivity (Wildman–Crippen MR) is 54.3 cm³/mol. The van der Waals surface area contributed by atoms with Gasteiger partial charge in [-0.2, -0.15) is 0 Å². The van der Waals surface area contributed by atoms with Crippen LogP contribution in [0.25, 0.3) is 0 Å². The maximum atomic E-state index is 12.4. The normalized spacial score (nSPS) is 22.2. The fraction of sp³-hybridized carbons (Fsp3) is 1.00. The van der Waals surface area contributed by atoms with Crippen molar-refractivity contribution < 1.29 is 8.78 Å². The van der Waals surface area contributed by atoms with E-state index in [1.807, 2.05) is 27.7 Å². The van der Waals surface area contributed by atoms with E-state index in [4.69, 9.17) is 0 Å². The molecule has 0 amide bonds. The van der Waals surface area contributed by atoms with Gasteiger partial charge in [-0.15, -0.1) is 0 Å². The lowest BCUT2D eigenvalue weighted by Crippen LogP contribution is -2.31. The minimum atomic E-state index is -2.48. The molecule has 0 aromatic heterocycles. The third-order valence-electron chi connectivity index (χ3n) is 1.53. The van der Waals surface area contributed by atoms with Crippen LogP contribution in [0.2, 0.25) is 0 Å². The van der Waals surface area contributed by atoms with E-state index in [-0.39, 0.29) is 18.5 Å². The van der Waals surface area contributed by atoms with Crippen LogP contribution in [0.15, 0.2) is 0 Å². The molecule has 1 N–H and O–H groups in total. The molecule has 0 unspecified atom stereocenters. The molecule has 1 saturated heterocycles. The van der Waals surface area contributed by atoms with Gasteiger partial charge in [-0.1, -0.05) is 27.7 Å². The molecule has 1 heterocycles. The van der Waals surface area contributed by atoms with E-state index in [0.717, 1.165) is 0 Å². The van der Waals surface area contributed by atoms with Crippen LogP contribution < -0.4 is 5.32 Å². The topological polar surface area (TPSA) is 12.0 Å². The molecule has 82 valence electrons. The Morgan fingerprint density at radius 1 is 1.00 bits per heavy atom. The molecular weight excluding hydrogens is 172 g/mol. The monoisotopic (exact) mass is 195 g/mol. The SMILES string of the molecule is CC.CC.CC1(C)CC(F)(F)CN1. The van der Waals surface area contributed by atoms with Gasteiger partial charge in [-0.05, 0) is 13.8 Å². The molecule has 0 atom stereocenters. The summed E-state index contributed by atoms with van der Waals surface area (Å²) in [5.41, 5.74) is -0.372. The largest absolute Gasteiger partial charge is 0.306 e. The van der Waals surface area contributed by atoms with Gasteiger partial charge < -0.3 is 5.32 Å². The van der Waals surface area contributed by atoms with Crippen molar-refractivity contribution in [3.63, 3.8) is 0 Å². The maximum absolute atomic E-state index is 12.4. The third-order valence-corrected chi connectivity index (χ3v) is 1.53. The van der Waals surface area contributed by atoms with Crippen molar-refractivity contribution in [1.82, 2.24) is 5.32 Å². The highest BCUT2D eigenvalue weighted by atomic mass is 19.3. The molecule has 0 aromatic carbocycles. The molecule has 1 aliphatic rings. The standard InChI is InChI=1S/C6H11F2N.2C2H6/c1-5(2)3-6(7,8)4-9-5;2*1-2/h9H,3-4H2,1-2H3;2*1-2H3. The number of rotatable bonds is 0. The van der Waals surface area contributed by atoms with Gasteiger partial charge in [-0.3, -0.25) is 0 Å². The second kappa shape index (κ2) is 6.30. The fourth-order valence-electron chi connectivity index (χ4n) is 1.14. The van der Waals surface area contributed by atoms with Crippen molar-refractivity contribution in [2.45, 2.75) is 59.4 Å². The maximum Gasteiger partial charge on any atom is 0.262 e. The quantitative estimate of drug-likeness (QED) is 0.624. The van der Waals surface area contributed by atoms with Crippen molar-refractivity contribution >= 4 is 0 Å². The average molecular weight is 195 g/mol. The highest BCUT2D eigenvalue weighted by Gasteiger charge is 2.43. The van der Waals surface area contributed by atoms with Crippen LogP contribution >= 0.6 is 0 Å². The number of nitrogens with one attached hydrogen (secondary N) is 1. The molecule has 13 heavy (non-hydrogen) atoms. The number of halogens is 2. The van der Waals surface area contributed by atoms with Gasteiger partial charge in [0.25, 0.3) is 5.92 Å². The highest BCUT2D eigenvalue weighted by Crippen LogP contribution is 2.31. The highest BCUT2D eigenvalue weighted by molar-refractivity contribution is 4.93. The van der Waals surface area contributed by atoms with E-state index < -0.39 is 5.92 Å². The molecular formula is C10H23F2N. The van der Waals surface area contributed by atoms with Gasteiger partial charge in [0.2, 0.25) is 0 Å². The average Bonchev–Trinajstić information content (AvgIpc) is 2.32. The summed E-state index contributed by atoms with van der Waals surface area (Å²) in [7, 11) is 0. The minimum Gasteiger partial charge on any atom is -0.306 e. The van der Waals surface area contributed by atoms with Gasteiger partial charge in [0, 0.05) is 12.0 Å². The first-order valence-corrected chi connectivity index (χ1v) is 5.04. The van der Waals surface area contributed by atoms with Crippen molar-refractivity contribution in [2.24, 2.45) is 0 Å². The van der Waals surface area contributed by atoms with Gasteiger partial charge in [0.1, 0.15) is 0 Å². The first-order chi connectivity index (χ1) is 5.91. The summed E-state index contributed by atoms with van der Waals surface area (Å²) in [6.45, 7) is 11.4. The Bertz CT molecular complexity index is 108. The molecule has 3 heteroatoms. The van der Waals surface area contributed by atoms with E-state index in [1.54, 1.807) is 13.8 Å². The molecule has 0 aliphatic carbocycles. The Morgan fingerprint density at radius 2 is 1.38 bits per heavy atom. The lowest BCUT2D eigenvalue weighted by Gasteiger charge is -2.15.